The zero-order valence-corrected chi connectivity index (χ0v) is 10.7. The molecule has 18 heavy (non-hydrogen) atoms. The van der Waals surface area contributed by atoms with Gasteiger partial charge < -0.3 is 9.47 Å². The number of benzene rings is 1. The van der Waals surface area contributed by atoms with E-state index in [2.05, 4.69) is 0 Å². The fourth-order valence-corrected chi connectivity index (χ4v) is 2.71. The standard InChI is InChI=1S/C15H18O3/c1-10-8-12-13(16)6-7-17-15(12)9-14(10)18-11-4-2-3-5-11/h8-9,11H,2-7H2,1H3. The molecule has 1 fully saturated rings. The normalized spacial score (nSPS) is 19.5. The van der Waals surface area contributed by atoms with E-state index in [9.17, 15) is 4.79 Å². The Morgan fingerprint density at radius 2 is 2.06 bits per heavy atom. The number of ketones is 1. The van der Waals surface area contributed by atoms with Crippen molar-refractivity contribution >= 4 is 5.78 Å². The first-order valence-corrected chi connectivity index (χ1v) is 6.71. The predicted molar refractivity (Wildman–Crippen MR) is 68.5 cm³/mol. The van der Waals surface area contributed by atoms with Crippen LogP contribution in [-0.4, -0.2) is 18.5 Å². The van der Waals surface area contributed by atoms with Crippen LogP contribution in [0.5, 0.6) is 11.5 Å². The minimum atomic E-state index is 0.173. The van der Waals surface area contributed by atoms with Gasteiger partial charge in [0.1, 0.15) is 11.5 Å². The Morgan fingerprint density at radius 1 is 1.28 bits per heavy atom. The summed E-state index contributed by atoms with van der Waals surface area (Å²) in [4.78, 5) is 11.8. The highest BCUT2D eigenvalue weighted by Crippen LogP contribution is 2.34. The topological polar surface area (TPSA) is 35.5 Å². The van der Waals surface area contributed by atoms with Gasteiger partial charge in [-0.05, 0) is 44.2 Å². The second-order valence-electron chi connectivity index (χ2n) is 5.16. The van der Waals surface area contributed by atoms with Crippen LogP contribution in [-0.2, 0) is 0 Å². The van der Waals surface area contributed by atoms with Gasteiger partial charge in [0.05, 0.1) is 18.3 Å². The van der Waals surface area contributed by atoms with E-state index in [1.165, 1.54) is 12.8 Å². The third-order valence-corrected chi connectivity index (χ3v) is 3.76. The lowest BCUT2D eigenvalue weighted by atomic mass is 10.0. The van der Waals surface area contributed by atoms with Gasteiger partial charge in [0.2, 0.25) is 0 Å². The second-order valence-corrected chi connectivity index (χ2v) is 5.16. The van der Waals surface area contributed by atoms with Gasteiger partial charge in [-0.25, -0.2) is 0 Å². The Labute approximate surface area is 107 Å². The molecular weight excluding hydrogens is 228 g/mol. The van der Waals surface area contributed by atoms with Crippen LogP contribution in [0.3, 0.4) is 0 Å². The summed E-state index contributed by atoms with van der Waals surface area (Å²) in [5.74, 6) is 1.73. The molecule has 0 unspecified atom stereocenters. The summed E-state index contributed by atoms with van der Waals surface area (Å²) >= 11 is 0. The lowest BCUT2D eigenvalue weighted by Crippen LogP contribution is -2.17. The van der Waals surface area contributed by atoms with Crippen LogP contribution in [0.25, 0.3) is 0 Å². The summed E-state index contributed by atoms with van der Waals surface area (Å²) in [6.45, 7) is 2.48. The van der Waals surface area contributed by atoms with Gasteiger partial charge in [0.15, 0.2) is 5.78 Å². The van der Waals surface area contributed by atoms with Crippen molar-refractivity contribution in [2.45, 2.75) is 45.1 Å². The van der Waals surface area contributed by atoms with Gasteiger partial charge in [0, 0.05) is 12.5 Å². The largest absolute Gasteiger partial charge is 0.492 e. The molecule has 3 nitrogen and oxygen atoms in total. The second kappa shape index (κ2) is 4.63. The average molecular weight is 246 g/mol. The third-order valence-electron chi connectivity index (χ3n) is 3.76. The quantitative estimate of drug-likeness (QED) is 0.803. The number of aryl methyl sites for hydroxylation is 1. The SMILES string of the molecule is Cc1cc2c(cc1OC1CCCC1)OCCC2=O. The van der Waals surface area contributed by atoms with E-state index in [0.29, 0.717) is 30.4 Å². The Bertz CT molecular complexity index is 473. The van der Waals surface area contributed by atoms with Crippen molar-refractivity contribution in [3.63, 3.8) is 0 Å². The molecule has 96 valence electrons. The Hall–Kier alpha value is -1.51. The van der Waals surface area contributed by atoms with Gasteiger partial charge in [-0.1, -0.05) is 0 Å². The van der Waals surface area contributed by atoms with Gasteiger partial charge in [0.25, 0.3) is 0 Å². The summed E-state index contributed by atoms with van der Waals surface area (Å²) in [5, 5.41) is 0. The van der Waals surface area contributed by atoms with Crippen molar-refractivity contribution < 1.29 is 14.3 Å². The molecule has 0 atom stereocenters. The van der Waals surface area contributed by atoms with E-state index < -0.39 is 0 Å². The molecule has 1 saturated carbocycles. The summed E-state index contributed by atoms with van der Waals surface area (Å²) in [7, 11) is 0. The highest BCUT2D eigenvalue weighted by molar-refractivity contribution is 6.00. The molecule has 3 heteroatoms. The van der Waals surface area contributed by atoms with Crippen LogP contribution < -0.4 is 9.47 Å². The molecule has 1 heterocycles. The molecule has 0 N–H and O–H groups in total. The molecule has 0 bridgehead atoms. The van der Waals surface area contributed by atoms with Crippen LogP contribution in [0.2, 0.25) is 0 Å². The Kier molecular flexibility index (Phi) is 2.98. The summed E-state index contributed by atoms with van der Waals surface area (Å²) in [6.07, 6.45) is 5.59. The first kappa shape index (κ1) is 11.6. The number of carbonyl (C=O) groups excluding carboxylic acids is 1. The number of Topliss-reactive ketones (excluding diaryl/α,β-unsaturated/α-hetero) is 1. The van der Waals surface area contributed by atoms with Crippen molar-refractivity contribution in [3.05, 3.63) is 23.3 Å². The number of rotatable bonds is 2. The van der Waals surface area contributed by atoms with E-state index in [-0.39, 0.29) is 5.78 Å². The van der Waals surface area contributed by atoms with Crippen LogP contribution in [0.4, 0.5) is 0 Å². The van der Waals surface area contributed by atoms with Gasteiger partial charge in [-0.2, -0.15) is 0 Å². The fourth-order valence-electron chi connectivity index (χ4n) is 2.71. The maximum absolute atomic E-state index is 11.8. The molecule has 2 aliphatic rings. The third kappa shape index (κ3) is 2.09. The number of carbonyl (C=O) groups is 1. The number of ether oxygens (including phenoxy) is 2. The molecule has 1 aliphatic heterocycles. The van der Waals surface area contributed by atoms with Gasteiger partial charge in [-0.3, -0.25) is 4.79 Å². The molecule has 1 aromatic carbocycles. The Balaban J connectivity index is 1.88. The molecule has 0 radical (unpaired) electrons. The first-order chi connectivity index (χ1) is 8.74. The van der Waals surface area contributed by atoms with Crippen LogP contribution in [0, 0.1) is 6.92 Å². The maximum Gasteiger partial charge on any atom is 0.170 e. The van der Waals surface area contributed by atoms with Crippen LogP contribution >= 0.6 is 0 Å². The monoisotopic (exact) mass is 246 g/mol. The highest BCUT2D eigenvalue weighted by Gasteiger charge is 2.22. The molecule has 3 rings (SSSR count). The summed E-state index contributed by atoms with van der Waals surface area (Å²) in [5.41, 5.74) is 1.73. The van der Waals surface area contributed by atoms with Crippen molar-refractivity contribution in [1.29, 1.82) is 0 Å². The number of hydrogen-bond acceptors (Lipinski definition) is 3. The smallest absolute Gasteiger partial charge is 0.170 e. The lowest BCUT2D eigenvalue weighted by Gasteiger charge is -2.20. The van der Waals surface area contributed by atoms with E-state index in [1.54, 1.807) is 0 Å². The summed E-state index contributed by atoms with van der Waals surface area (Å²) < 4.78 is 11.6. The van der Waals surface area contributed by atoms with E-state index in [1.807, 2.05) is 19.1 Å². The first-order valence-electron chi connectivity index (χ1n) is 6.71. The average Bonchev–Trinajstić information content (AvgIpc) is 2.84. The predicted octanol–water partition coefficient (Wildman–Crippen LogP) is 3.28. The molecular formula is C15H18O3. The molecule has 1 aromatic rings. The van der Waals surface area contributed by atoms with E-state index >= 15 is 0 Å². The van der Waals surface area contributed by atoms with Crippen molar-refractivity contribution in [2.24, 2.45) is 0 Å². The minimum absolute atomic E-state index is 0.173. The van der Waals surface area contributed by atoms with E-state index in [0.717, 1.165) is 24.2 Å². The number of fused-ring (bicyclic) bond motifs is 1. The van der Waals surface area contributed by atoms with Gasteiger partial charge >= 0.3 is 0 Å². The minimum Gasteiger partial charge on any atom is -0.492 e. The van der Waals surface area contributed by atoms with Crippen molar-refractivity contribution in [3.8, 4) is 11.5 Å². The zero-order chi connectivity index (χ0) is 12.5. The fraction of sp³-hybridized carbons (Fsp3) is 0.533. The molecule has 0 spiro atoms. The van der Waals surface area contributed by atoms with Crippen molar-refractivity contribution in [2.75, 3.05) is 6.61 Å². The highest BCUT2D eigenvalue weighted by atomic mass is 16.5. The number of hydrogen-bond donors (Lipinski definition) is 0. The van der Waals surface area contributed by atoms with Crippen LogP contribution in [0.1, 0.15) is 48.0 Å². The molecule has 1 aliphatic carbocycles. The van der Waals surface area contributed by atoms with E-state index in [4.69, 9.17) is 9.47 Å². The van der Waals surface area contributed by atoms with Crippen LogP contribution in [0.15, 0.2) is 12.1 Å². The molecule has 0 aromatic heterocycles. The zero-order valence-electron chi connectivity index (χ0n) is 10.7. The maximum atomic E-state index is 11.8. The molecule has 0 amide bonds. The summed E-state index contributed by atoms with van der Waals surface area (Å²) in [6, 6.07) is 3.79. The Morgan fingerprint density at radius 3 is 2.83 bits per heavy atom. The van der Waals surface area contributed by atoms with Gasteiger partial charge in [-0.15, -0.1) is 0 Å². The van der Waals surface area contributed by atoms with Crippen molar-refractivity contribution in [1.82, 2.24) is 0 Å². The lowest BCUT2D eigenvalue weighted by molar-refractivity contribution is 0.0933. The molecule has 0 saturated heterocycles.